The van der Waals surface area contributed by atoms with Crippen molar-refractivity contribution in [3.05, 3.63) is 0 Å². The largest absolute Gasteiger partial charge is 0.394 e. The van der Waals surface area contributed by atoms with Gasteiger partial charge >= 0.3 is 0 Å². The number of rotatable bonds is 3. The average Bonchev–Trinajstić information content (AvgIpc) is 2.18. The van der Waals surface area contributed by atoms with E-state index in [4.69, 9.17) is 15.1 Å². The monoisotopic (exact) mass is 234 g/mol. The van der Waals surface area contributed by atoms with E-state index in [9.17, 15) is 8.42 Å². The molecule has 1 fully saturated rings. The molecule has 0 aromatic rings. The third-order valence-electron chi connectivity index (χ3n) is 2.26. The van der Waals surface area contributed by atoms with Gasteiger partial charge in [-0.2, -0.15) is 9.57 Å². The molecule has 0 aliphatic carbocycles. The highest BCUT2D eigenvalue weighted by atomic mass is 32.2. The van der Waals surface area contributed by atoms with Crippen LogP contribution in [0.3, 0.4) is 0 Å². The molecule has 2 unspecified atom stereocenters. The van der Waals surface area contributed by atoms with Crippen molar-refractivity contribution in [2.75, 3.05) is 25.5 Å². The van der Waals surface area contributed by atoms with Crippen LogP contribution in [0.4, 0.5) is 0 Å². The molecule has 1 aliphatic heterocycles. The van der Waals surface area contributed by atoms with Gasteiger partial charge in [0.15, 0.2) is 5.75 Å². The first kappa shape index (κ1) is 12.4. The maximum atomic E-state index is 11.6. The molecule has 0 amide bonds. The van der Waals surface area contributed by atoms with E-state index < -0.39 is 21.9 Å². The normalized spacial score (nSPS) is 28.6. The fraction of sp³-hybridized carbons (Fsp3) is 0.875. The molecule has 1 saturated heterocycles. The molecule has 0 bridgehead atoms. The highest BCUT2D eigenvalue weighted by molar-refractivity contribution is 7.89. The molecule has 1 rings (SSSR count). The van der Waals surface area contributed by atoms with E-state index in [2.05, 4.69) is 0 Å². The molecule has 86 valence electrons. The van der Waals surface area contributed by atoms with Crippen LogP contribution >= 0.6 is 0 Å². The molecule has 15 heavy (non-hydrogen) atoms. The number of morpholine rings is 1. The van der Waals surface area contributed by atoms with E-state index in [0.717, 1.165) is 0 Å². The lowest BCUT2D eigenvalue weighted by Gasteiger charge is -2.35. The van der Waals surface area contributed by atoms with E-state index in [1.807, 2.05) is 0 Å². The SMILES string of the molecule is CC1COC(CO)CN1S(=O)(=O)CC#N. The number of aliphatic hydroxyl groups excluding tert-OH is 1. The summed E-state index contributed by atoms with van der Waals surface area (Å²) in [4.78, 5) is 0. The maximum Gasteiger partial charge on any atom is 0.227 e. The van der Waals surface area contributed by atoms with Crippen LogP contribution in [0.1, 0.15) is 6.92 Å². The van der Waals surface area contributed by atoms with Crippen molar-refractivity contribution in [3.8, 4) is 6.07 Å². The number of hydrogen-bond donors (Lipinski definition) is 1. The molecule has 0 saturated carbocycles. The highest BCUT2D eigenvalue weighted by Crippen LogP contribution is 2.15. The van der Waals surface area contributed by atoms with Crippen LogP contribution in [0.2, 0.25) is 0 Å². The maximum absolute atomic E-state index is 11.6. The van der Waals surface area contributed by atoms with Crippen molar-refractivity contribution in [2.24, 2.45) is 0 Å². The van der Waals surface area contributed by atoms with E-state index in [0.29, 0.717) is 0 Å². The van der Waals surface area contributed by atoms with Gasteiger partial charge in [0.05, 0.1) is 25.4 Å². The van der Waals surface area contributed by atoms with Crippen molar-refractivity contribution in [1.29, 1.82) is 5.26 Å². The van der Waals surface area contributed by atoms with Gasteiger partial charge < -0.3 is 9.84 Å². The molecule has 6 nitrogen and oxygen atoms in total. The van der Waals surface area contributed by atoms with Gasteiger partial charge in [0.25, 0.3) is 0 Å². The molecule has 2 atom stereocenters. The standard InChI is InChI=1S/C8H14N2O4S/c1-7-6-14-8(5-11)4-10(7)15(12,13)3-2-9/h7-8,11H,3-6H2,1H3. The van der Waals surface area contributed by atoms with Crippen LogP contribution in [0, 0.1) is 11.3 Å². The molecule has 1 aliphatic rings. The van der Waals surface area contributed by atoms with Gasteiger partial charge in [0.1, 0.15) is 0 Å². The molecule has 0 radical (unpaired) electrons. The Morgan fingerprint density at radius 1 is 1.67 bits per heavy atom. The summed E-state index contributed by atoms with van der Waals surface area (Å²) in [6.07, 6.45) is -0.491. The minimum atomic E-state index is -3.54. The first-order valence-electron chi connectivity index (χ1n) is 4.60. The Hall–Kier alpha value is -0.680. The summed E-state index contributed by atoms with van der Waals surface area (Å²) in [7, 11) is -3.54. The summed E-state index contributed by atoms with van der Waals surface area (Å²) in [5, 5.41) is 17.3. The van der Waals surface area contributed by atoms with Crippen LogP contribution in [-0.4, -0.2) is 55.5 Å². The van der Waals surface area contributed by atoms with Crippen molar-refractivity contribution in [3.63, 3.8) is 0 Å². The van der Waals surface area contributed by atoms with Crippen LogP contribution in [0.5, 0.6) is 0 Å². The molecule has 7 heteroatoms. The number of aliphatic hydroxyl groups is 1. The number of hydrogen-bond acceptors (Lipinski definition) is 5. The third-order valence-corrected chi connectivity index (χ3v) is 3.97. The van der Waals surface area contributed by atoms with Crippen molar-refractivity contribution in [1.82, 2.24) is 4.31 Å². The van der Waals surface area contributed by atoms with Gasteiger partial charge in [-0.1, -0.05) is 0 Å². The Morgan fingerprint density at radius 2 is 2.33 bits per heavy atom. The second-order valence-electron chi connectivity index (χ2n) is 3.47. The Kier molecular flexibility index (Phi) is 4.04. The van der Waals surface area contributed by atoms with Gasteiger partial charge in [0, 0.05) is 12.6 Å². The fourth-order valence-corrected chi connectivity index (χ4v) is 2.79. The smallest absolute Gasteiger partial charge is 0.227 e. The Morgan fingerprint density at radius 3 is 2.87 bits per heavy atom. The van der Waals surface area contributed by atoms with Crippen LogP contribution in [-0.2, 0) is 14.8 Å². The number of sulfonamides is 1. The molecule has 0 aromatic heterocycles. The summed E-state index contributed by atoms with van der Waals surface area (Å²) in [5.41, 5.74) is 0. The van der Waals surface area contributed by atoms with E-state index in [1.54, 1.807) is 13.0 Å². The second kappa shape index (κ2) is 4.90. The summed E-state index contributed by atoms with van der Waals surface area (Å²) in [6.45, 7) is 1.85. The zero-order chi connectivity index (χ0) is 11.5. The Balaban J connectivity index is 2.79. The van der Waals surface area contributed by atoms with Crippen molar-refractivity contribution < 1.29 is 18.3 Å². The quantitative estimate of drug-likeness (QED) is 0.671. The predicted octanol–water partition coefficient (Wildman–Crippen LogP) is -1.08. The molecular formula is C8H14N2O4S. The zero-order valence-corrected chi connectivity index (χ0v) is 9.27. The minimum Gasteiger partial charge on any atom is -0.394 e. The zero-order valence-electron chi connectivity index (χ0n) is 8.46. The number of nitrogens with zero attached hydrogens (tertiary/aromatic N) is 2. The van der Waals surface area contributed by atoms with E-state index >= 15 is 0 Å². The topological polar surface area (TPSA) is 90.6 Å². The Labute approximate surface area is 89.1 Å². The highest BCUT2D eigenvalue weighted by Gasteiger charge is 2.33. The van der Waals surface area contributed by atoms with Gasteiger partial charge in [0.2, 0.25) is 10.0 Å². The number of ether oxygens (including phenoxy) is 1. The molecule has 1 N–H and O–H groups in total. The van der Waals surface area contributed by atoms with Crippen LogP contribution in [0.25, 0.3) is 0 Å². The lowest BCUT2D eigenvalue weighted by Crippen LogP contribution is -2.52. The summed E-state index contributed by atoms with van der Waals surface area (Å²) >= 11 is 0. The van der Waals surface area contributed by atoms with Gasteiger partial charge in [-0.25, -0.2) is 8.42 Å². The second-order valence-corrected chi connectivity index (χ2v) is 5.39. The third kappa shape index (κ3) is 2.89. The first-order chi connectivity index (χ1) is 7.01. The predicted molar refractivity (Wildman–Crippen MR) is 52.4 cm³/mol. The first-order valence-corrected chi connectivity index (χ1v) is 6.21. The van der Waals surface area contributed by atoms with Gasteiger partial charge in [-0.3, -0.25) is 0 Å². The molecule has 1 heterocycles. The minimum absolute atomic E-state index is 0.113. The van der Waals surface area contributed by atoms with Crippen LogP contribution in [0.15, 0.2) is 0 Å². The molecular weight excluding hydrogens is 220 g/mol. The Bertz CT molecular complexity index is 348. The summed E-state index contributed by atoms with van der Waals surface area (Å²) in [5.74, 6) is -0.532. The van der Waals surface area contributed by atoms with Crippen molar-refractivity contribution in [2.45, 2.75) is 19.1 Å². The van der Waals surface area contributed by atoms with E-state index in [1.165, 1.54) is 4.31 Å². The molecule has 0 aromatic carbocycles. The molecule has 0 spiro atoms. The van der Waals surface area contributed by atoms with Gasteiger partial charge in [-0.15, -0.1) is 0 Å². The summed E-state index contributed by atoms with van der Waals surface area (Å²) < 4.78 is 29.7. The fourth-order valence-electron chi connectivity index (χ4n) is 1.45. The summed E-state index contributed by atoms with van der Waals surface area (Å²) in [6, 6.07) is 1.34. The van der Waals surface area contributed by atoms with Crippen molar-refractivity contribution >= 4 is 10.0 Å². The average molecular weight is 234 g/mol. The van der Waals surface area contributed by atoms with Crippen LogP contribution < -0.4 is 0 Å². The van der Waals surface area contributed by atoms with E-state index in [-0.39, 0.29) is 25.8 Å². The lowest BCUT2D eigenvalue weighted by atomic mass is 10.2. The lowest BCUT2D eigenvalue weighted by molar-refractivity contribution is -0.0515. The van der Waals surface area contributed by atoms with Gasteiger partial charge in [-0.05, 0) is 6.92 Å². The number of nitriles is 1.